The number of halogens is 1. The van der Waals surface area contributed by atoms with Crippen molar-refractivity contribution in [2.45, 2.75) is 148 Å². The van der Waals surface area contributed by atoms with E-state index in [2.05, 4.69) is 47.6 Å². The van der Waals surface area contributed by atoms with Crippen LogP contribution in [-0.4, -0.2) is 15.7 Å². The summed E-state index contributed by atoms with van der Waals surface area (Å²) in [5, 5.41) is 0.370. The fourth-order valence-corrected chi connectivity index (χ4v) is 11.1. The van der Waals surface area contributed by atoms with E-state index in [-0.39, 0.29) is 10.5 Å². The Hall–Kier alpha value is 0.0500. The normalized spacial score (nSPS) is 38.9. The molecule has 3 fully saturated rings. The van der Waals surface area contributed by atoms with E-state index in [0.29, 0.717) is 16.1 Å². The van der Waals surface area contributed by atoms with Crippen molar-refractivity contribution in [2.24, 2.45) is 46.3 Å². The maximum atomic E-state index is 12.8. The molecule has 0 aromatic heterocycles. The zero-order valence-electron chi connectivity index (χ0n) is 25.0. The van der Waals surface area contributed by atoms with Crippen LogP contribution in [0.25, 0.3) is 0 Å². The molecule has 37 heavy (non-hydrogen) atoms. The molecule has 0 heterocycles. The summed E-state index contributed by atoms with van der Waals surface area (Å²) in [5.41, 5.74) is 2.63. The van der Waals surface area contributed by atoms with Gasteiger partial charge in [-0.1, -0.05) is 103 Å². The summed E-state index contributed by atoms with van der Waals surface area (Å²) < 4.78 is 0. The van der Waals surface area contributed by atoms with Gasteiger partial charge in [0, 0.05) is 5.25 Å². The van der Waals surface area contributed by atoms with Gasteiger partial charge in [0.2, 0.25) is 5.12 Å². The molecule has 0 amide bonds. The van der Waals surface area contributed by atoms with Gasteiger partial charge in [0.05, 0.1) is 0 Å². The first-order chi connectivity index (χ1) is 17.6. The van der Waals surface area contributed by atoms with E-state index >= 15 is 0 Å². The van der Waals surface area contributed by atoms with Crippen LogP contribution in [0.15, 0.2) is 11.6 Å². The fourth-order valence-electron chi connectivity index (χ4n) is 9.68. The number of carbonyl (C=O) groups excluding carboxylic acids is 1. The third kappa shape index (κ3) is 6.36. The van der Waals surface area contributed by atoms with Gasteiger partial charge in [-0.25, -0.2) is 0 Å². The molecule has 0 spiro atoms. The molecule has 1 nitrogen and oxygen atoms in total. The minimum atomic E-state index is -0.298. The first kappa shape index (κ1) is 30.0. The molecule has 4 rings (SSSR count). The maximum absolute atomic E-state index is 12.8. The number of alkyl halides is 1. The monoisotopic (exact) mass is 548 g/mol. The van der Waals surface area contributed by atoms with Crippen LogP contribution in [-0.2, 0) is 4.79 Å². The number of rotatable bonds is 11. The van der Waals surface area contributed by atoms with Gasteiger partial charge in [0.15, 0.2) is 0 Å². The second-order valence-corrected chi connectivity index (χ2v) is 16.4. The van der Waals surface area contributed by atoms with E-state index in [1.54, 1.807) is 17.3 Å². The van der Waals surface area contributed by atoms with E-state index < -0.39 is 0 Å². The largest absolute Gasteiger partial charge is 0.286 e. The standard InChI is InChI=1S/C34H57ClOS/c1-7-8-9-13-31(35)32(36)37-26-18-20-33(5)25(22-26)14-15-27-29-17-16-28(24(4)12-10-11-23(2)3)34(29,6)21-19-30(27)33/h14,23-24,26-31H,7-13,15-22H2,1-6H3. The van der Waals surface area contributed by atoms with Crippen LogP contribution in [0.5, 0.6) is 0 Å². The van der Waals surface area contributed by atoms with Gasteiger partial charge in [-0.3, -0.25) is 4.79 Å². The molecule has 9 unspecified atom stereocenters. The third-order valence-corrected chi connectivity index (χ3v) is 13.7. The molecule has 0 bridgehead atoms. The van der Waals surface area contributed by atoms with Crippen molar-refractivity contribution in [1.29, 1.82) is 0 Å². The molecule has 4 aliphatic carbocycles. The summed E-state index contributed by atoms with van der Waals surface area (Å²) in [7, 11) is 0. The van der Waals surface area contributed by atoms with Crippen molar-refractivity contribution in [1.82, 2.24) is 0 Å². The Morgan fingerprint density at radius 2 is 1.78 bits per heavy atom. The molecule has 0 saturated heterocycles. The zero-order chi connectivity index (χ0) is 26.8. The summed E-state index contributed by atoms with van der Waals surface area (Å²) in [6.45, 7) is 14.8. The van der Waals surface area contributed by atoms with E-state index in [4.69, 9.17) is 11.6 Å². The van der Waals surface area contributed by atoms with Crippen molar-refractivity contribution >= 4 is 28.5 Å². The first-order valence-electron chi connectivity index (χ1n) is 16.1. The highest BCUT2D eigenvalue weighted by Crippen LogP contribution is 2.67. The van der Waals surface area contributed by atoms with Crippen molar-refractivity contribution in [2.75, 3.05) is 0 Å². The molecule has 0 aromatic rings. The second kappa shape index (κ2) is 12.7. The van der Waals surface area contributed by atoms with Crippen LogP contribution in [0.4, 0.5) is 0 Å². The molecule has 0 aromatic carbocycles. The van der Waals surface area contributed by atoms with Gasteiger partial charge in [-0.2, -0.15) is 0 Å². The Morgan fingerprint density at radius 1 is 1.00 bits per heavy atom. The molecule has 3 heteroatoms. The van der Waals surface area contributed by atoms with E-state index in [0.717, 1.165) is 54.8 Å². The highest BCUT2D eigenvalue weighted by Gasteiger charge is 2.59. The third-order valence-electron chi connectivity index (χ3n) is 11.9. The van der Waals surface area contributed by atoms with Gasteiger partial charge in [0.25, 0.3) is 0 Å². The predicted octanol–water partition coefficient (Wildman–Crippen LogP) is 10.8. The van der Waals surface area contributed by atoms with Crippen LogP contribution < -0.4 is 0 Å². The van der Waals surface area contributed by atoms with Crippen molar-refractivity contribution in [3.8, 4) is 0 Å². The predicted molar refractivity (Wildman–Crippen MR) is 163 cm³/mol. The van der Waals surface area contributed by atoms with Crippen LogP contribution in [0.3, 0.4) is 0 Å². The van der Waals surface area contributed by atoms with Crippen LogP contribution in [0.2, 0.25) is 0 Å². The Balaban J connectivity index is 1.38. The van der Waals surface area contributed by atoms with Crippen LogP contribution in [0.1, 0.15) is 138 Å². The Labute approximate surface area is 239 Å². The van der Waals surface area contributed by atoms with Crippen molar-refractivity contribution < 1.29 is 4.79 Å². The van der Waals surface area contributed by atoms with Crippen molar-refractivity contribution in [3.05, 3.63) is 11.6 Å². The summed E-state index contributed by atoms with van der Waals surface area (Å²) in [4.78, 5) is 12.8. The molecular weight excluding hydrogens is 492 g/mol. The number of hydrogen-bond acceptors (Lipinski definition) is 2. The fraction of sp³-hybridized carbons (Fsp3) is 0.912. The first-order valence-corrected chi connectivity index (χ1v) is 17.5. The Morgan fingerprint density at radius 3 is 2.51 bits per heavy atom. The average Bonchev–Trinajstić information content (AvgIpc) is 3.21. The lowest BCUT2D eigenvalue weighted by Crippen LogP contribution is -2.50. The molecule has 0 radical (unpaired) electrons. The lowest BCUT2D eigenvalue weighted by molar-refractivity contribution is -0.110. The lowest BCUT2D eigenvalue weighted by Gasteiger charge is -2.58. The summed E-state index contributed by atoms with van der Waals surface area (Å²) >= 11 is 8.08. The van der Waals surface area contributed by atoms with E-state index in [1.807, 2.05) is 0 Å². The van der Waals surface area contributed by atoms with E-state index in [9.17, 15) is 4.79 Å². The molecule has 9 atom stereocenters. The molecule has 0 aliphatic heterocycles. The topological polar surface area (TPSA) is 17.1 Å². The van der Waals surface area contributed by atoms with Gasteiger partial charge in [0.1, 0.15) is 5.38 Å². The van der Waals surface area contributed by atoms with Gasteiger partial charge >= 0.3 is 0 Å². The number of fused-ring (bicyclic) bond motifs is 5. The highest BCUT2D eigenvalue weighted by molar-refractivity contribution is 8.14. The number of unbranched alkanes of at least 4 members (excludes halogenated alkanes) is 2. The molecular formula is C34H57ClOS. The van der Waals surface area contributed by atoms with Crippen molar-refractivity contribution in [3.63, 3.8) is 0 Å². The summed E-state index contributed by atoms with van der Waals surface area (Å²) in [6, 6.07) is 0. The maximum Gasteiger partial charge on any atom is 0.207 e. The molecule has 4 aliphatic rings. The Bertz CT molecular complexity index is 806. The summed E-state index contributed by atoms with van der Waals surface area (Å²) in [5.74, 6) is 5.32. The van der Waals surface area contributed by atoms with E-state index in [1.165, 1.54) is 77.0 Å². The number of thioether (sulfide) groups is 1. The minimum Gasteiger partial charge on any atom is -0.286 e. The molecule has 212 valence electrons. The summed E-state index contributed by atoms with van der Waals surface area (Å²) in [6.07, 6.45) is 21.9. The smallest absolute Gasteiger partial charge is 0.207 e. The van der Waals surface area contributed by atoms with Gasteiger partial charge < -0.3 is 0 Å². The lowest BCUT2D eigenvalue weighted by atomic mass is 9.47. The van der Waals surface area contributed by atoms with Crippen LogP contribution in [0, 0.1) is 46.3 Å². The second-order valence-electron chi connectivity index (χ2n) is 14.6. The quantitative estimate of drug-likeness (QED) is 0.145. The van der Waals surface area contributed by atoms with Crippen LogP contribution >= 0.6 is 23.4 Å². The average molecular weight is 549 g/mol. The van der Waals surface area contributed by atoms with Gasteiger partial charge in [-0.05, 0) is 104 Å². The minimum absolute atomic E-state index is 0.230. The SMILES string of the molecule is CCCCCC(Cl)C(=O)SC1CCC2(C)C(=CCC3C2CCC2(C)C(C(C)CCCC(C)C)CCC32)C1. The Kier molecular flexibility index (Phi) is 10.3. The molecule has 3 saturated carbocycles. The van der Waals surface area contributed by atoms with Gasteiger partial charge in [-0.15, -0.1) is 11.6 Å². The number of allylic oxidation sites excluding steroid dienone is 2. The highest BCUT2D eigenvalue weighted by atomic mass is 35.5. The zero-order valence-corrected chi connectivity index (χ0v) is 26.6. The molecule has 0 N–H and O–H groups in total. The number of carbonyl (C=O) groups is 1. The number of hydrogen-bond donors (Lipinski definition) is 0.